The number of pyridine rings is 1. The highest BCUT2D eigenvalue weighted by Crippen LogP contribution is 2.16. The summed E-state index contributed by atoms with van der Waals surface area (Å²) >= 11 is 3.03. The number of hydrogen-bond acceptors (Lipinski definition) is 3. The fourth-order valence-corrected chi connectivity index (χ4v) is 1.24. The molecule has 0 spiro atoms. The second-order valence-electron chi connectivity index (χ2n) is 2.88. The number of carbonyl (C=O) groups is 1. The molecule has 0 fully saturated rings. The van der Waals surface area contributed by atoms with Crippen LogP contribution < -0.4 is 11.1 Å². The van der Waals surface area contributed by atoms with Crippen LogP contribution >= 0.6 is 15.9 Å². The molecule has 1 aromatic rings. The van der Waals surface area contributed by atoms with Crippen LogP contribution in [-0.4, -0.2) is 23.6 Å². The topological polar surface area (TPSA) is 68.0 Å². The van der Waals surface area contributed by atoms with Crippen LogP contribution in [0, 0.1) is 0 Å². The molecule has 4 nitrogen and oxygen atoms in total. The van der Waals surface area contributed by atoms with E-state index in [1.165, 1.54) is 12.3 Å². The molecule has 0 saturated carbocycles. The predicted octanol–water partition coefficient (Wildman–Crippen LogP) is 1.72. The van der Waals surface area contributed by atoms with Gasteiger partial charge in [0.1, 0.15) is 12.4 Å². The van der Waals surface area contributed by atoms with E-state index >= 15 is 0 Å². The molecular formula is C8H7BrF3N3O. The lowest BCUT2D eigenvalue weighted by atomic mass is 10.2. The van der Waals surface area contributed by atoms with Crippen molar-refractivity contribution in [3.05, 3.63) is 22.3 Å². The number of nitrogens with zero attached hydrogens (tertiary/aromatic N) is 1. The number of halogens is 4. The minimum Gasteiger partial charge on any atom is -0.383 e. The van der Waals surface area contributed by atoms with Gasteiger partial charge in [0.15, 0.2) is 0 Å². The van der Waals surface area contributed by atoms with E-state index in [4.69, 9.17) is 5.73 Å². The predicted molar refractivity (Wildman–Crippen MR) is 54.7 cm³/mol. The zero-order chi connectivity index (χ0) is 12.3. The molecule has 16 heavy (non-hydrogen) atoms. The van der Waals surface area contributed by atoms with Crippen LogP contribution in [0.4, 0.5) is 19.0 Å². The van der Waals surface area contributed by atoms with E-state index in [9.17, 15) is 18.0 Å². The molecule has 88 valence electrons. The fraction of sp³-hybridized carbons (Fsp3) is 0.250. The minimum atomic E-state index is -4.45. The summed E-state index contributed by atoms with van der Waals surface area (Å²) in [4.78, 5) is 14.9. The zero-order valence-corrected chi connectivity index (χ0v) is 9.39. The fourth-order valence-electron chi connectivity index (χ4n) is 0.907. The molecule has 0 aliphatic rings. The van der Waals surface area contributed by atoms with Crippen molar-refractivity contribution in [2.24, 2.45) is 0 Å². The lowest BCUT2D eigenvalue weighted by Gasteiger charge is -2.09. The molecule has 0 aliphatic carbocycles. The molecule has 0 radical (unpaired) electrons. The van der Waals surface area contributed by atoms with Crippen LogP contribution in [0.5, 0.6) is 0 Å². The van der Waals surface area contributed by atoms with Gasteiger partial charge in [0.2, 0.25) is 0 Å². The van der Waals surface area contributed by atoms with Gasteiger partial charge in [-0.2, -0.15) is 13.2 Å². The number of hydrogen-bond donors (Lipinski definition) is 2. The molecule has 1 aromatic heterocycles. The highest BCUT2D eigenvalue weighted by molar-refractivity contribution is 9.10. The van der Waals surface area contributed by atoms with E-state index in [2.05, 4.69) is 20.9 Å². The largest absolute Gasteiger partial charge is 0.405 e. The Morgan fingerprint density at radius 1 is 1.56 bits per heavy atom. The van der Waals surface area contributed by atoms with Crippen LogP contribution in [0.2, 0.25) is 0 Å². The third-order valence-corrected chi connectivity index (χ3v) is 2.01. The molecule has 8 heteroatoms. The first-order valence-electron chi connectivity index (χ1n) is 4.05. The van der Waals surface area contributed by atoms with Gasteiger partial charge >= 0.3 is 6.18 Å². The molecule has 0 saturated heterocycles. The second kappa shape index (κ2) is 4.69. The minimum absolute atomic E-state index is 0.0985. The summed E-state index contributed by atoms with van der Waals surface area (Å²) in [6, 6.07) is 1.30. The first-order valence-corrected chi connectivity index (χ1v) is 4.85. The Kier molecular flexibility index (Phi) is 3.74. The first kappa shape index (κ1) is 12.8. The van der Waals surface area contributed by atoms with Gasteiger partial charge in [0.25, 0.3) is 5.91 Å². The van der Waals surface area contributed by atoms with Crippen molar-refractivity contribution in [1.29, 1.82) is 0 Å². The summed E-state index contributed by atoms with van der Waals surface area (Å²) in [5.74, 6) is -1.04. The maximum Gasteiger partial charge on any atom is 0.405 e. The summed E-state index contributed by atoms with van der Waals surface area (Å²) in [6.45, 7) is -1.40. The standard InChI is InChI=1S/C8H7BrF3N3O/c9-4-1-5(6(13)14-2-4)7(16)15-3-8(10,11)12/h1-2H,3H2,(H2,13,14)(H,15,16). The maximum absolute atomic E-state index is 11.8. The first-order chi connectivity index (χ1) is 7.29. The van der Waals surface area contributed by atoms with E-state index in [1.807, 2.05) is 0 Å². The number of nitrogens with two attached hydrogens (primary N) is 1. The van der Waals surface area contributed by atoms with Gasteiger partial charge in [-0.1, -0.05) is 0 Å². The molecule has 3 N–H and O–H groups in total. The van der Waals surface area contributed by atoms with Gasteiger partial charge in [0, 0.05) is 10.7 Å². The summed E-state index contributed by atoms with van der Waals surface area (Å²) in [7, 11) is 0. The average molecular weight is 298 g/mol. The number of anilines is 1. The van der Waals surface area contributed by atoms with Crippen molar-refractivity contribution in [2.45, 2.75) is 6.18 Å². The van der Waals surface area contributed by atoms with Crippen molar-refractivity contribution in [3.63, 3.8) is 0 Å². The normalized spacial score (nSPS) is 11.2. The Balaban J connectivity index is 2.77. The number of carbonyl (C=O) groups excluding carboxylic acids is 1. The Hall–Kier alpha value is -1.31. The monoisotopic (exact) mass is 297 g/mol. The summed E-state index contributed by atoms with van der Waals surface area (Å²) in [5, 5.41) is 1.70. The van der Waals surface area contributed by atoms with Gasteiger partial charge < -0.3 is 11.1 Å². The Morgan fingerprint density at radius 2 is 2.19 bits per heavy atom. The molecule has 0 atom stereocenters. The number of alkyl halides is 3. The lowest BCUT2D eigenvalue weighted by Crippen LogP contribution is -2.34. The van der Waals surface area contributed by atoms with Gasteiger partial charge in [-0.15, -0.1) is 0 Å². The molecular weight excluding hydrogens is 291 g/mol. The van der Waals surface area contributed by atoms with E-state index in [-0.39, 0.29) is 11.4 Å². The number of nitrogen functional groups attached to an aromatic ring is 1. The maximum atomic E-state index is 11.8. The van der Waals surface area contributed by atoms with E-state index in [0.717, 1.165) is 0 Å². The SMILES string of the molecule is Nc1ncc(Br)cc1C(=O)NCC(F)(F)F. The summed E-state index contributed by atoms with van der Waals surface area (Å²) in [6.07, 6.45) is -3.11. The Morgan fingerprint density at radius 3 is 2.75 bits per heavy atom. The number of aromatic nitrogens is 1. The van der Waals surface area contributed by atoms with Gasteiger partial charge in [-0.3, -0.25) is 4.79 Å². The average Bonchev–Trinajstić information content (AvgIpc) is 2.17. The molecule has 1 heterocycles. The van der Waals surface area contributed by atoms with E-state index in [0.29, 0.717) is 4.47 Å². The molecule has 0 aromatic carbocycles. The summed E-state index contributed by atoms with van der Waals surface area (Å²) in [5.41, 5.74) is 5.26. The third kappa shape index (κ3) is 3.69. The molecule has 1 rings (SSSR count). The number of amides is 1. The van der Waals surface area contributed by atoms with Gasteiger partial charge in [-0.05, 0) is 22.0 Å². The molecule has 1 amide bonds. The van der Waals surface area contributed by atoms with Crippen molar-refractivity contribution >= 4 is 27.7 Å². The highest BCUT2D eigenvalue weighted by Gasteiger charge is 2.28. The smallest absolute Gasteiger partial charge is 0.383 e. The van der Waals surface area contributed by atoms with Gasteiger partial charge in [0.05, 0.1) is 5.56 Å². The quantitative estimate of drug-likeness (QED) is 0.873. The number of nitrogens with one attached hydrogen (secondary N) is 1. The van der Waals surface area contributed by atoms with Crippen LogP contribution in [-0.2, 0) is 0 Å². The molecule has 0 bridgehead atoms. The Bertz CT molecular complexity index is 408. The van der Waals surface area contributed by atoms with Gasteiger partial charge in [-0.25, -0.2) is 4.98 Å². The van der Waals surface area contributed by atoms with Crippen LogP contribution in [0.1, 0.15) is 10.4 Å². The van der Waals surface area contributed by atoms with Crippen molar-refractivity contribution in [3.8, 4) is 0 Å². The lowest BCUT2D eigenvalue weighted by molar-refractivity contribution is -0.123. The second-order valence-corrected chi connectivity index (χ2v) is 3.80. The molecule has 0 unspecified atom stereocenters. The summed E-state index contributed by atoms with van der Waals surface area (Å²) < 4.78 is 36.0. The van der Waals surface area contributed by atoms with Crippen LogP contribution in [0.15, 0.2) is 16.7 Å². The van der Waals surface area contributed by atoms with Crippen LogP contribution in [0.25, 0.3) is 0 Å². The van der Waals surface area contributed by atoms with Crippen molar-refractivity contribution < 1.29 is 18.0 Å². The highest BCUT2D eigenvalue weighted by atomic mass is 79.9. The molecule has 0 aliphatic heterocycles. The van der Waals surface area contributed by atoms with E-state index in [1.54, 1.807) is 5.32 Å². The van der Waals surface area contributed by atoms with Crippen molar-refractivity contribution in [1.82, 2.24) is 10.3 Å². The Labute approximate surface area is 97.2 Å². The third-order valence-electron chi connectivity index (χ3n) is 1.58. The van der Waals surface area contributed by atoms with E-state index < -0.39 is 18.6 Å². The van der Waals surface area contributed by atoms with Crippen molar-refractivity contribution in [2.75, 3.05) is 12.3 Å². The number of rotatable bonds is 2. The van der Waals surface area contributed by atoms with Crippen LogP contribution in [0.3, 0.4) is 0 Å². The zero-order valence-electron chi connectivity index (χ0n) is 7.81.